The molecule has 88 valence electrons. The predicted octanol–water partition coefficient (Wildman–Crippen LogP) is 1.91. The minimum absolute atomic E-state index is 0.0603. The molecule has 0 aliphatic heterocycles. The summed E-state index contributed by atoms with van der Waals surface area (Å²) < 4.78 is 0. The summed E-state index contributed by atoms with van der Waals surface area (Å²) in [5.41, 5.74) is 7.71. The van der Waals surface area contributed by atoms with Crippen molar-refractivity contribution in [2.75, 3.05) is 6.54 Å². The van der Waals surface area contributed by atoms with Gasteiger partial charge in [0.25, 0.3) is 0 Å². The number of hydrogen-bond acceptors (Lipinski definition) is 2. The molecule has 0 saturated heterocycles. The Morgan fingerprint density at radius 1 is 1.50 bits per heavy atom. The van der Waals surface area contributed by atoms with E-state index in [1.165, 1.54) is 5.56 Å². The predicted molar refractivity (Wildman–Crippen MR) is 66.0 cm³/mol. The van der Waals surface area contributed by atoms with Gasteiger partial charge in [-0.2, -0.15) is 0 Å². The Morgan fingerprint density at radius 2 is 2.25 bits per heavy atom. The van der Waals surface area contributed by atoms with Crippen molar-refractivity contribution in [1.29, 1.82) is 0 Å². The van der Waals surface area contributed by atoms with E-state index in [0.29, 0.717) is 13.0 Å². The molecular formula is C13H20N2O. The van der Waals surface area contributed by atoms with Gasteiger partial charge in [0.1, 0.15) is 0 Å². The van der Waals surface area contributed by atoms with Crippen LogP contribution in [-0.2, 0) is 4.79 Å². The summed E-state index contributed by atoms with van der Waals surface area (Å²) >= 11 is 0. The number of carbonyl (C=O) groups excluding carboxylic acids is 1. The first-order valence-electron chi connectivity index (χ1n) is 5.69. The van der Waals surface area contributed by atoms with Gasteiger partial charge in [-0.3, -0.25) is 4.79 Å². The molecule has 0 aliphatic carbocycles. The van der Waals surface area contributed by atoms with Crippen LogP contribution in [0.15, 0.2) is 24.3 Å². The quantitative estimate of drug-likeness (QED) is 0.796. The second kappa shape index (κ2) is 6.28. The molecule has 3 N–H and O–H groups in total. The zero-order valence-electron chi connectivity index (χ0n) is 9.99. The zero-order valence-corrected chi connectivity index (χ0v) is 9.99. The minimum Gasteiger partial charge on any atom is -0.350 e. The summed E-state index contributed by atoms with van der Waals surface area (Å²) in [6.07, 6.45) is 1.25. The SMILES string of the molecule is Cc1cccc([C@H](C)NC(=O)CCCN)c1. The first-order chi connectivity index (χ1) is 7.63. The van der Waals surface area contributed by atoms with Crippen molar-refractivity contribution in [3.63, 3.8) is 0 Å². The van der Waals surface area contributed by atoms with Crippen LogP contribution in [0.1, 0.15) is 36.9 Å². The van der Waals surface area contributed by atoms with Crippen molar-refractivity contribution in [2.45, 2.75) is 32.7 Å². The molecule has 0 radical (unpaired) electrons. The van der Waals surface area contributed by atoms with E-state index in [9.17, 15) is 4.79 Å². The normalized spacial score (nSPS) is 12.2. The molecule has 0 spiro atoms. The fourth-order valence-corrected chi connectivity index (χ4v) is 1.60. The highest BCUT2D eigenvalue weighted by Crippen LogP contribution is 2.13. The van der Waals surface area contributed by atoms with Crippen LogP contribution in [-0.4, -0.2) is 12.5 Å². The van der Waals surface area contributed by atoms with Crippen LogP contribution < -0.4 is 11.1 Å². The Hall–Kier alpha value is -1.35. The first kappa shape index (κ1) is 12.7. The van der Waals surface area contributed by atoms with Gasteiger partial charge in [0.15, 0.2) is 0 Å². The second-order valence-electron chi connectivity index (χ2n) is 4.10. The number of nitrogens with one attached hydrogen (secondary N) is 1. The molecule has 0 fully saturated rings. The average molecular weight is 220 g/mol. The van der Waals surface area contributed by atoms with Gasteiger partial charge < -0.3 is 11.1 Å². The van der Waals surface area contributed by atoms with Crippen molar-refractivity contribution in [2.24, 2.45) is 5.73 Å². The standard InChI is InChI=1S/C13H20N2O/c1-10-5-3-6-12(9-10)11(2)15-13(16)7-4-8-14/h3,5-6,9,11H,4,7-8,14H2,1-2H3,(H,15,16)/t11-/m0/s1. The molecule has 1 rings (SSSR count). The van der Waals surface area contributed by atoms with Gasteiger partial charge in [-0.15, -0.1) is 0 Å². The molecule has 0 bridgehead atoms. The minimum atomic E-state index is 0.0603. The molecule has 0 saturated carbocycles. The number of hydrogen-bond donors (Lipinski definition) is 2. The van der Waals surface area contributed by atoms with Crippen LogP contribution >= 0.6 is 0 Å². The summed E-state index contributed by atoms with van der Waals surface area (Å²) in [4.78, 5) is 11.5. The maximum Gasteiger partial charge on any atom is 0.220 e. The lowest BCUT2D eigenvalue weighted by Crippen LogP contribution is -2.26. The molecule has 0 unspecified atom stereocenters. The van der Waals surface area contributed by atoms with Crippen LogP contribution in [0.5, 0.6) is 0 Å². The molecule has 3 heteroatoms. The third-order valence-electron chi connectivity index (χ3n) is 2.53. The summed E-state index contributed by atoms with van der Waals surface area (Å²) in [7, 11) is 0. The number of carbonyl (C=O) groups is 1. The topological polar surface area (TPSA) is 55.1 Å². The monoisotopic (exact) mass is 220 g/mol. The van der Waals surface area contributed by atoms with Crippen LogP contribution in [0.25, 0.3) is 0 Å². The third-order valence-corrected chi connectivity index (χ3v) is 2.53. The van der Waals surface area contributed by atoms with Crippen molar-refractivity contribution in [3.05, 3.63) is 35.4 Å². The molecule has 1 amide bonds. The lowest BCUT2D eigenvalue weighted by Gasteiger charge is -2.14. The van der Waals surface area contributed by atoms with Gasteiger partial charge in [0.05, 0.1) is 6.04 Å². The van der Waals surface area contributed by atoms with Gasteiger partial charge in [-0.05, 0) is 32.4 Å². The molecular weight excluding hydrogens is 200 g/mol. The van der Waals surface area contributed by atoms with Crippen molar-refractivity contribution in [1.82, 2.24) is 5.32 Å². The van der Waals surface area contributed by atoms with Crippen LogP contribution in [0.2, 0.25) is 0 Å². The number of benzene rings is 1. The fourth-order valence-electron chi connectivity index (χ4n) is 1.60. The Labute approximate surface area is 97.0 Å². The van der Waals surface area contributed by atoms with Crippen molar-refractivity contribution in [3.8, 4) is 0 Å². The largest absolute Gasteiger partial charge is 0.350 e. The molecule has 16 heavy (non-hydrogen) atoms. The van der Waals surface area contributed by atoms with E-state index in [4.69, 9.17) is 5.73 Å². The highest BCUT2D eigenvalue weighted by Gasteiger charge is 2.08. The lowest BCUT2D eigenvalue weighted by molar-refractivity contribution is -0.121. The molecule has 1 aromatic carbocycles. The average Bonchev–Trinajstić information content (AvgIpc) is 2.26. The number of amides is 1. The summed E-state index contributed by atoms with van der Waals surface area (Å²) in [6, 6.07) is 8.24. The molecule has 0 aromatic heterocycles. The van der Waals surface area contributed by atoms with E-state index in [2.05, 4.69) is 11.4 Å². The second-order valence-corrected chi connectivity index (χ2v) is 4.10. The van der Waals surface area contributed by atoms with Crippen LogP contribution in [0.4, 0.5) is 0 Å². The summed E-state index contributed by atoms with van der Waals surface area (Å²) in [6.45, 7) is 4.60. The van der Waals surface area contributed by atoms with Gasteiger partial charge in [0.2, 0.25) is 5.91 Å². The molecule has 3 nitrogen and oxygen atoms in total. The Balaban J connectivity index is 2.52. The van der Waals surface area contributed by atoms with Crippen LogP contribution in [0, 0.1) is 6.92 Å². The van der Waals surface area contributed by atoms with Crippen molar-refractivity contribution >= 4 is 5.91 Å². The Kier molecular flexibility index (Phi) is 4.99. The zero-order chi connectivity index (χ0) is 12.0. The van der Waals surface area contributed by atoms with E-state index >= 15 is 0 Å². The van der Waals surface area contributed by atoms with Gasteiger partial charge in [-0.1, -0.05) is 29.8 Å². The van der Waals surface area contributed by atoms with Gasteiger partial charge >= 0.3 is 0 Å². The highest BCUT2D eigenvalue weighted by molar-refractivity contribution is 5.76. The Morgan fingerprint density at radius 3 is 2.88 bits per heavy atom. The summed E-state index contributed by atoms with van der Waals surface area (Å²) in [5, 5.41) is 2.96. The van der Waals surface area contributed by atoms with E-state index in [1.807, 2.05) is 32.0 Å². The first-order valence-corrected chi connectivity index (χ1v) is 5.69. The molecule has 1 atom stereocenters. The highest BCUT2D eigenvalue weighted by atomic mass is 16.1. The van der Waals surface area contributed by atoms with E-state index in [0.717, 1.165) is 12.0 Å². The smallest absolute Gasteiger partial charge is 0.220 e. The summed E-state index contributed by atoms with van der Waals surface area (Å²) in [5.74, 6) is 0.0689. The van der Waals surface area contributed by atoms with E-state index < -0.39 is 0 Å². The number of rotatable bonds is 5. The molecule has 1 aromatic rings. The lowest BCUT2D eigenvalue weighted by atomic mass is 10.1. The Bertz CT molecular complexity index is 350. The number of nitrogens with two attached hydrogens (primary N) is 1. The van der Waals surface area contributed by atoms with E-state index in [-0.39, 0.29) is 11.9 Å². The van der Waals surface area contributed by atoms with Crippen LogP contribution in [0.3, 0.4) is 0 Å². The molecule has 0 aliphatic rings. The van der Waals surface area contributed by atoms with Crippen molar-refractivity contribution < 1.29 is 4.79 Å². The molecule has 0 heterocycles. The van der Waals surface area contributed by atoms with Gasteiger partial charge in [-0.25, -0.2) is 0 Å². The van der Waals surface area contributed by atoms with E-state index in [1.54, 1.807) is 0 Å². The fraction of sp³-hybridized carbons (Fsp3) is 0.462. The number of aryl methyl sites for hydroxylation is 1. The maximum atomic E-state index is 11.5. The maximum absolute atomic E-state index is 11.5. The van der Waals surface area contributed by atoms with Gasteiger partial charge in [0, 0.05) is 6.42 Å². The third kappa shape index (κ3) is 4.03.